The molecule has 0 saturated carbocycles. The van der Waals surface area contributed by atoms with Crippen LogP contribution in [0.25, 0.3) is 6.08 Å². The molecule has 1 heterocycles. The molecule has 2 heteroatoms. The minimum Gasteiger partial charge on any atom is -0.370 e. The molecule has 4 rings (SSSR count). The van der Waals surface area contributed by atoms with E-state index in [1.807, 2.05) is 18.2 Å². The Morgan fingerprint density at radius 3 is 1.90 bits per heavy atom. The summed E-state index contributed by atoms with van der Waals surface area (Å²) in [5, 5.41) is 0. The second-order valence-corrected chi connectivity index (χ2v) is 7.19. The Morgan fingerprint density at radius 2 is 1.37 bits per heavy atom. The normalized spacial score (nSPS) is 13.3. The van der Waals surface area contributed by atoms with Crippen molar-refractivity contribution in [1.29, 1.82) is 0 Å². The van der Waals surface area contributed by atoms with Gasteiger partial charge in [-0.25, -0.2) is 0 Å². The van der Waals surface area contributed by atoms with Gasteiger partial charge in [0.25, 0.3) is 0 Å². The molecular formula is C28H26N2. The number of rotatable bonds is 7. The second kappa shape index (κ2) is 9.62. The van der Waals surface area contributed by atoms with Gasteiger partial charge in [0.15, 0.2) is 0 Å². The lowest BCUT2D eigenvalue weighted by Gasteiger charge is -2.25. The number of anilines is 3. The zero-order valence-corrected chi connectivity index (χ0v) is 17.1. The molecule has 0 bridgehead atoms. The lowest BCUT2D eigenvalue weighted by molar-refractivity contribution is 0.457. The van der Waals surface area contributed by atoms with Gasteiger partial charge in [-0.15, -0.1) is 6.58 Å². The Morgan fingerprint density at radius 1 is 0.767 bits per heavy atom. The maximum atomic E-state index is 3.79. The van der Waals surface area contributed by atoms with E-state index in [0.29, 0.717) is 0 Å². The summed E-state index contributed by atoms with van der Waals surface area (Å²) < 4.78 is 0. The minimum absolute atomic E-state index is 0.880. The number of allylic oxidation sites excluding steroid dienone is 3. The summed E-state index contributed by atoms with van der Waals surface area (Å²) in [6.07, 6.45) is 12.8. The molecule has 0 radical (unpaired) electrons. The van der Waals surface area contributed by atoms with E-state index in [2.05, 4.69) is 120 Å². The van der Waals surface area contributed by atoms with Crippen molar-refractivity contribution in [2.45, 2.75) is 0 Å². The molecule has 2 nitrogen and oxygen atoms in total. The first kappa shape index (κ1) is 19.5. The van der Waals surface area contributed by atoms with E-state index in [1.165, 1.54) is 11.1 Å². The molecule has 0 amide bonds. The first-order chi connectivity index (χ1) is 14.8. The zero-order valence-electron chi connectivity index (χ0n) is 17.1. The van der Waals surface area contributed by atoms with Crippen LogP contribution in [0.3, 0.4) is 0 Å². The Balaban J connectivity index is 1.53. The van der Waals surface area contributed by atoms with Crippen LogP contribution >= 0.6 is 0 Å². The number of benzene rings is 3. The third-order valence-corrected chi connectivity index (χ3v) is 5.05. The molecule has 1 aliphatic rings. The lowest BCUT2D eigenvalue weighted by atomic mass is 10.1. The molecule has 148 valence electrons. The van der Waals surface area contributed by atoms with Gasteiger partial charge < -0.3 is 9.80 Å². The molecule has 0 N–H and O–H groups in total. The van der Waals surface area contributed by atoms with Crippen molar-refractivity contribution in [3.63, 3.8) is 0 Å². The van der Waals surface area contributed by atoms with Crippen molar-refractivity contribution in [1.82, 2.24) is 4.90 Å². The van der Waals surface area contributed by atoms with Gasteiger partial charge in [0.2, 0.25) is 0 Å². The van der Waals surface area contributed by atoms with Crippen molar-refractivity contribution in [3.05, 3.63) is 133 Å². The molecule has 0 spiro atoms. The van der Waals surface area contributed by atoms with Gasteiger partial charge >= 0.3 is 0 Å². The molecule has 0 aromatic heterocycles. The molecule has 3 aromatic rings. The summed E-state index contributed by atoms with van der Waals surface area (Å²) in [7, 11) is 0. The van der Waals surface area contributed by atoms with Crippen LogP contribution in [0, 0.1) is 0 Å². The Bertz CT molecular complexity index is 1010. The van der Waals surface area contributed by atoms with E-state index in [9.17, 15) is 0 Å². The fourth-order valence-corrected chi connectivity index (χ4v) is 3.50. The van der Waals surface area contributed by atoms with Crippen LogP contribution in [0.1, 0.15) is 5.56 Å². The summed E-state index contributed by atoms with van der Waals surface area (Å²) >= 11 is 0. The largest absolute Gasteiger partial charge is 0.370 e. The van der Waals surface area contributed by atoms with Crippen molar-refractivity contribution < 1.29 is 0 Å². The SMILES string of the molecule is C=CCN1C=CC(C=Cc2ccc(N(c3ccccc3)c3ccccc3)cc2)=CC1. The zero-order chi connectivity index (χ0) is 20.6. The van der Waals surface area contributed by atoms with Gasteiger partial charge in [-0.1, -0.05) is 72.8 Å². The molecule has 0 unspecified atom stereocenters. The molecule has 0 atom stereocenters. The summed E-state index contributed by atoms with van der Waals surface area (Å²) in [5.41, 5.74) is 5.85. The number of hydrogen-bond acceptors (Lipinski definition) is 2. The van der Waals surface area contributed by atoms with Crippen LogP contribution in [0.15, 0.2) is 128 Å². The monoisotopic (exact) mass is 390 g/mol. The first-order valence-corrected chi connectivity index (χ1v) is 10.3. The molecule has 30 heavy (non-hydrogen) atoms. The second-order valence-electron chi connectivity index (χ2n) is 7.19. The van der Waals surface area contributed by atoms with Crippen LogP contribution < -0.4 is 4.90 Å². The van der Waals surface area contributed by atoms with E-state index < -0.39 is 0 Å². The van der Waals surface area contributed by atoms with Gasteiger partial charge in [0.05, 0.1) is 0 Å². The van der Waals surface area contributed by atoms with E-state index in [-0.39, 0.29) is 0 Å². The maximum Gasteiger partial charge on any atom is 0.0462 e. The van der Waals surface area contributed by atoms with Gasteiger partial charge in [-0.05, 0) is 53.6 Å². The van der Waals surface area contributed by atoms with Gasteiger partial charge in [0, 0.05) is 36.4 Å². The Labute approximate surface area is 179 Å². The number of nitrogens with zero attached hydrogens (tertiary/aromatic N) is 2. The van der Waals surface area contributed by atoms with E-state index in [4.69, 9.17) is 0 Å². The van der Waals surface area contributed by atoms with Crippen LogP contribution in [0.2, 0.25) is 0 Å². The van der Waals surface area contributed by atoms with E-state index in [0.717, 1.165) is 30.2 Å². The Kier molecular flexibility index (Phi) is 6.26. The summed E-state index contributed by atoms with van der Waals surface area (Å²) in [6.45, 7) is 5.59. The van der Waals surface area contributed by atoms with Gasteiger partial charge in [-0.2, -0.15) is 0 Å². The number of para-hydroxylation sites is 2. The van der Waals surface area contributed by atoms with Crippen molar-refractivity contribution >= 4 is 23.1 Å². The van der Waals surface area contributed by atoms with Crippen LogP contribution in [0.5, 0.6) is 0 Å². The standard InChI is InChI=1S/C28H26N2/c1-2-21-29-22-19-25(20-23-29)14-13-24-15-17-28(18-16-24)30(26-9-5-3-6-10-26)27-11-7-4-8-12-27/h2-20,22H,1,21,23H2. The molecular weight excluding hydrogens is 364 g/mol. The molecule has 0 fully saturated rings. The predicted octanol–water partition coefficient (Wildman–Crippen LogP) is 7.11. The predicted molar refractivity (Wildman–Crippen MR) is 129 cm³/mol. The lowest BCUT2D eigenvalue weighted by Crippen LogP contribution is -2.19. The third-order valence-electron chi connectivity index (χ3n) is 5.05. The topological polar surface area (TPSA) is 6.48 Å². The highest BCUT2D eigenvalue weighted by Crippen LogP contribution is 2.34. The average molecular weight is 391 g/mol. The van der Waals surface area contributed by atoms with Gasteiger partial charge in [-0.3, -0.25) is 0 Å². The Hall–Kier alpha value is -3.78. The highest BCUT2D eigenvalue weighted by atomic mass is 15.1. The molecule has 0 saturated heterocycles. The van der Waals surface area contributed by atoms with Crippen LogP contribution in [-0.4, -0.2) is 18.0 Å². The summed E-state index contributed by atoms with van der Waals surface area (Å²) in [6, 6.07) is 29.6. The summed E-state index contributed by atoms with van der Waals surface area (Å²) in [4.78, 5) is 4.50. The van der Waals surface area contributed by atoms with Gasteiger partial charge in [0.1, 0.15) is 0 Å². The fourth-order valence-electron chi connectivity index (χ4n) is 3.50. The van der Waals surface area contributed by atoms with Crippen molar-refractivity contribution in [2.75, 3.05) is 18.0 Å². The maximum absolute atomic E-state index is 3.79. The van der Waals surface area contributed by atoms with E-state index >= 15 is 0 Å². The quantitative estimate of drug-likeness (QED) is 0.397. The number of hydrogen-bond donors (Lipinski definition) is 0. The minimum atomic E-state index is 0.880. The van der Waals surface area contributed by atoms with Crippen LogP contribution in [0.4, 0.5) is 17.1 Å². The van der Waals surface area contributed by atoms with E-state index in [1.54, 1.807) is 0 Å². The third kappa shape index (κ3) is 4.79. The highest BCUT2D eigenvalue weighted by Gasteiger charge is 2.11. The first-order valence-electron chi connectivity index (χ1n) is 10.3. The average Bonchev–Trinajstić information content (AvgIpc) is 2.81. The highest BCUT2D eigenvalue weighted by molar-refractivity contribution is 5.77. The van der Waals surface area contributed by atoms with Crippen molar-refractivity contribution in [2.24, 2.45) is 0 Å². The molecule has 0 aliphatic carbocycles. The molecule has 3 aromatic carbocycles. The fraction of sp³-hybridized carbons (Fsp3) is 0.0714. The smallest absolute Gasteiger partial charge is 0.0462 e. The molecule has 1 aliphatic heterocycles. The summed E-state index contributed by atoms with van der Waals surface area (Å²) in [5.74, 6) is 0. The van der Waals surface area contributed by atoms with Crippen LogP contribution in [-0.2, 0) is 0 Å². The van der Waals surface area contributed by atoms with Crippen molar-refractivity contribution in [3.8, 4) is 0 Å².